The molecule has 0 spiro atoms. The zero-order valence-corrected chi connectivity index (χ0v) is 11.9. The van der Waals surface area contributed by atoms with Gasteiger partial charge in [0, 0.05) is 16.7 Å². The molecule has 5 nitrogen and oxygen atoms in total. The second kappa shape index (κ2) is 6.29. The van der Waals surface area contributed by atoms with Crippen LogP contribution in [0.1, 0.15) is 17.4 Å². The smallest absolute Gasteiger partial charge is 0.276 e. The highest BCUT2D eigenvalue weighted by Gasteiger charge is 2.08. The van der Waals surface area contributed by atoms with E-state index in [-0.39, 0.29) is 11.6 Å². The Morgan fingerprint density at radius 2 is 1.89 bits per heavy atom. The molecule has 19 heavy (non-hydrogen) atoms. The molecule has 2 N–H and O–H groups in total. The van der Waals surface area contributed by atoms with Gasteiger partial charge in [0.05, 0.1) is 0 Å². The van der Waals surface area contributed by atoms with Crippen LogP contribution in [0.2, 0.25) is 0 Å². The summed E-state index contributed by atoms with van der Waals surface area (Å²) >= 11 is 3.34. The van der Waals surface area contributed by atoms with Crippen molar-refractivity contribution in [2.24, 2.45) is 0 Å². The first-order chi connectivity index (χ1) is 9.19. The molecule has 0 aliphatic rings. The number of hydrogen-bond donors (Lipinski definition) is 2. The van der Waals surface area contributed by atoms with Gasteiger partial charge in [-0.05, 0) is 43.3 Å². The Hall–Kier alpha value is -1.95. The lowest BCUT2D eigenvalue weighted by molar-refractivity contribution is 0.102. The van der Waals surface area contributed by atoms with Crippen LogP contribution in [0, 0.1) is 0 Å². The lowest BCUT2D eigenvalue weighted by Crippen LogP contribution is -2.14. The van der Waals surface area contributed by atoms with Crippen LogP contribution in [-0.4, -0.2) is 22.6 Å². The number of hydrogen-bond acceptors (Lipinski definition) is 4. The summed E-state index contributed by atoms with van der Waals surface area (Å²) in [5.74, 6) is 0.376. The SMILES string of the molecule is CCNc1ccc(C(=O)Nc2ccc(Br)cc2)nn1. The zero-order chi connectivity index (χ0) is 13.7. The molecule has 0 saturated heterocycles. The Morgan fingerprint density at radius 3 is 2.47 bits per heavy atom. The average Bonchev–Trinajstić information content (AvgIpc) is 2.42. The van der Waals surface area contributed by atoms with E-state index < -0.39 is 0 Å². The van der Waals surface area contributed by atoms with Gasteiger partial charge in [0.1, 0.15) is 5.82 Å². The Bertz CT molecular complexity index is 554. The van der Waals surface area contributed by atoms with Gasteiger partial charge in [-0.3, -0.25) is 4.79 Å². The summed E-state index contributed by atoms with van der Waals surface area (Å²) in [6, 6.07) is 10.7. The highest BCUT2D eigenvalue weighted by molar-refractivity contribution is 9.10. The number of aromatic nitrogens is 2. The number of nitrogens with zero attached hydrogens (tertiary/aromatic N) is 2. The van der Waals surface area contributed by atoms with Gasteiger partial charge >= 0.3 is 0 Å². The number of benzene rings is 1. The molecule has 6 heteroatoms. The minimum atomic E-state index is -0.280. The standard InChI is InChI=1S/C13H13BrN4O/c1-2-15-12-8-7-11(17-18-12)13(19)16-10-5-3-9(14)4-6-10/h3-8H,2H2,1H3,(H,15,18)(H,16,19). The van der Waals surface area contributed by atoms with Gasteiger partial charge in [-0.25, -0.2) is 0 Å². The summed E-state index contributed by atoms with van der Waals surface area (Å²) in [6.07, 6.45) is 0. The molecule has 0 aliphatic heterocycles. The van der Waals surface area contributed by atoms with E-state index in [4.69, 9.17) is 0 Å². The topological polar surface area (TPSA) is 66.9 Å². The van der Waals surface area contributed by atoms with Gasteiger partial charge in [0.25, 0.3) is 5.91 Å². The van der Waals surface area contributed by atoms with Gasteiger partial charge in [0.15, 0.2) is 5.69 Å². The van der Waals surface area contributed by atoms with Crippen LogP contribution in [-0.2, 0) is 0 Å². The molecule has 0 bridgehead atoms. The average molecular weight is 321 g/mol. The molecule has 98 valence electrons. The minimum Gasteiger partial charge on any atom is -0.369 e. The van der Waals surface area contributed by atoms with E-state index in [0.717, 1.165) is 11.0 Å². The number of nitrogens with one attached hydrogen (secondary N) is 2. The molecule has 0 saturated carbocycles. The van der Waals surface area contributed by atoms with Crippen LogP contribution in [0.3, 0.4) is 0 Å². The molecule has 0 atom stereocenters. The molecular weight excluding hydrogens is 308 g/mol. The van der Waals surface area contributed by atoms with Crippen molar-refractivity contribution in [1.29, 1.82) is 0 Å². The zero-order valence-electron chi connectivity index (χ0n) is 10.4. The Morgan fingerprint density at radius 1 is 1.16 bits per heavy atom. The third-order valence-electron chi connectivity index (χ3n) is 2.36. The molecule has 2 aromatic rings. The molecule has 0 aliphatic carbocycles. The van der Waals surface area contributed by atoms with Crippen molar-refractivity contribution in [3.63, 3.8) is 0 Å². The number of anilines is 2. The molecular formula is C13H13BrN4O. The van der Waals surface area contributed by atoms with Crippen molar-refractivity contribution in [1.82, 2.24) is 10.2 Å². The van der Waals surface area contributed by atoms with Crippen LogP contribution >= 0.6 is 15.9 Å². The summed E-state index contributed by atoms with van der Waals surface area (Å²) in [6.45, 7) is 2.73. The van der Waals surface area contributed by atoms with E-state index in [2.05, 4.69) is 36.8 Å². The molecule has 0 fully saturated rings. The number of rotatable bonds is 4. The summed E-state index contributed by atoms with van der Waals surface area (Å²) < 4.78 is 0.959. The first-order valence-electron chi connectivity index (χ1n) is 5.83. The van der Waals surface area contributed by atoms with E-state index in [9.17, 15) is 4.79 Å². The lowest BCUT2D eigenvalue weighted by atomic mass is 10.3. The maximum atomic E-state index is 11.9. The predicted octanol–water partition coefficient (Wildman–Crippen LogP) is 2.92. The summed E-state index contributed by atoms with van der Waals surface area (Å²) in [4.78, 5) is 11.9. The van der Waals surface area contributed by atoms with E-state index in [1.54, 1.807) is 12.1 Å². The van der Waals surface area contributed by atoms with Crippen molar-refractivity contribution in [3.05, 3.63) is 46.6 Å². The molecule has 1 aromatic carbocycles. The summed E-state index contributed by atoms with van der Waals surface area (Å²) in [5, 5.41) is 13.6. The maximum absolute atomic E-state index is 11.9. The molecule has 1 aromatic heterocycles. The van der Waals surface area contributed by atoms with Crippen molar-refractivity contribution in [2.45, 2.75) is 6.92 Å². The van der Waals surface area contributed by atoms with Crippen LogP contribution < -0.4 is 10.6 Å². The second-order valence-electron chi connectivity index (χ2n) is 3.80. The molecule has 1 heterocycles. The van der Waals surface area contributed by atoms with Gasteiger partial charge in [0.2, 0.25) is 0 Å². The quantitative estimate of drug-likeness (QED) is 0.909. The second-order valence-corrected chi connectivity index (χ2v) is 4.71. The van der Waals surface area contributed by atoms with Crippen molar-refractivity contribution >= 4 is 33.3 Å². The fourth-order valence-corrected chi connectivity index (χ4v) is 1.72. The van der Waals surface area contributed by atoms with Crippen LogP contribution in [0.25, 0.3) is 0 Å². The fraction of sp³-hybridized carbons (Fsp3) is 0.154. The van der Waals surface area contributed by atoms with Crippen molar-refractivity contribution in [3.8, 4) is 0 Å². The van der Waals surface area contributed by atoms with Gasteiger partial charge in [-0.15, -0.1) is 10.2 Å². The fourth-order valence-electron chi connectivity index (χ4n) is 1.46. The highest BCUT2D eigenvalue weighted by atomic mass is 79.9. The lowest BCUT2D eigenvalue weighted by Gasteiger charge is -2.05. The van der Waals surface area contributed by atoms with Crippen molar-refractivity contribution in [2.75, 3.05) is 17.2 Å². The molecule has 0 unspecified atom stereocenters. The molecule has 0 radical (unpaired) electrons. The normalized spacial score (nSPS) is 10.0. The van der Waals surface area contributed by atoms with E-state index in [0.29, 0.717) is 11.5 Å². The summed E-state index contributed by atoms with van der Waals surface area (Å²) in [5.41, 5.74) is 0.996. The summed E-state index contributed by atoms with van der Waals surface area (Å²) in [7, 11) is 0. The monoisotopic (exact) mass is 320 g/mol. The Balaban J connectivity index is 2.05. The maximum Gasteiger partial charge on any atom is 0.276 e. The number of halogens is 1. The third kappa shape index (κ3) is 3.75. The predicted molar refractivity (Wildman–Crippen MR) is 78.3 cm³/mol. The number of carbonyl (C=O) groups excluding carboxylic acids is 1. The largest absolute Gasteiger partial charge is 0.369 e. The minimum absolute atomic E-state index is 0.280. The molecule has 2 rings (SSSR count). The highest BCUT2D eigenvalue weighted by Crippen LogP contribution is 2.14. The van der Waals surface area contributed by atoms with Gasteiger partial charge in [-0.1, -0.05) is 15.9 Å². The van der Waals surface area contributed by atoms with Crippen LogP contribution in [0.5, 0.6) is 0 Å². The van der Waals surface area contributed by atoms with Crippen molar-refractivity contribution < 1.29 is 4.79 Å². The van der Waals surface area contributed by atoms with Gasteiger partial charge in [-0.2, -0.15) is 0 Å². The van der Waals surface area contributed by atoms with Crippen LogP contribution in [0.4, 0.5) is 11.5 Å². The first kappa shape index (κ1) is 13.5. The Kier molecular flexibility index (Phi) is 4.46. The van der Waals surface area contributed by atoms with E-state index in [1.165, 1.54) is 0 Å². The first-order valence-corrected chi connectivity index (χ1v) is 6.63. The number of carbonyl (C=O) groups is 1. The van der Waals surface area contributed by atoms with E-state index >= 15 is 0 Å². The van der Waals surface area contributed by atoms with E-state index in [1.807, 2.05) is 31.2 Å². The van der Waals surface area contributed by atoms with Crippen LogP contribution in [0.15, 0.2) is 40.9 Å². The third-order valence-corrected chi connectivity index (χ3v) is 2.89. The number of amides is 1. The Labute approximate surface area is 119 Å². The van der Waals surface area contributed by atoms with Gasteiger partial charge < -0.3 is 10.6 Å². The molecule has 1 amide bonds.